The molecule has 7 heteroatoms. The van der Waals surface area contributed by atoms with E-state index in [-0.39, 0.29) is 23.6 Å². The van der Waals surface area contributed by atoms with Crippen molar-refractivity contribution in [2.24, 2.45) is 0 Å². The number of para-hydroxylation sites is 1. The SMILES string of the molecule is CC(C)c1ccccc1C(=O)Nc1ccc(C(=O)N2CCc3cc(C(=O)NC4CC4)sc3-c3ccccc32)cc1. The van der Waals surface area contributed by atoms with Crippen LogP contribution in [0.25, 0.3) is 10.4 Å². The van der Waals surface area contributed by atoms with E-state index < -0.39 is 0 Å². The third kappa shape index (κ3) is 5.17. The Bertz CT molecular complexity index is 1600. The van der Waals surface area contributed by atoms with Crippen LogP contribution >= 0.6 is 11.3 Å². The van der Waals surface area contributed by atoms with Crippen molar-refractivity contribution in [2.75, 3.05) is 16.8 Å². The predicted molar refractivity (Wildman–Crippen MR) is 161 cm³/mol. The van der Waals surface area contributed by atoms with E-state index >= 15 is 0 Å². The summed E-state index contributed by atoms with van der Waals surface area (Å²) < 4.78 is 0. The summed E-state index contributed by atoms with van der Waals surface area (Å²) in [6.07, 6.45) is 2.76. The molecule has 4 aromatic rings. The minimum absolute atomic E-state index is 0.00846. The summed E-state index contributed by atoms with van der Waals surface area (Å²) in [6.45, 7) is 4.64. The van der Waals surface area contributed by atoms with E-state index in [1.807, 2.05) is 59.5 Å². The lowest BCUT2D eigenvalue weighted by atomic mass is 9.97. The molecule has 0 bridgehead atoms. The number of benzene rings is 3. The Morgan fingerprint density at radius 2 is 1.62 bits per heavy atom. The summed E-state index contributed by atoms with van der Waals surface area (Å²) in [5.41, 5.74) is 5.72. The van der Waals surface area contributed by atoms with Crippen LogP contribution in [0.2, 0.25) is 0 Å². The summed E-state index contributed by atoms with van der Waals surface area (Å²) in [7, 11) is 0. The van der Waals surface area contributed by atoms with Gasteiger partial charge in [-0.1, -0.05) is 50.2 Å². The fourth-order valence-corrected chi connectivity index (χ4v) is 6.31. The van der Waals surface area contributed by atoms with Gasteiger partial charge in [0.2, 0.25) is 0 Å². The maximum absolute atomic E-state index is 13.7. The molecule has 1 aliphatic heterocycles. The Morgan fingerprint density at radius 1 is 0.900 bits per heavy atom. The van der Waals surface area contributed by atoms with Crippen LogP contribution < -0.4 is 15.5 Å². The topological polar surface area (TPSA) is 78.5 Å². The Kier molecular flexibility index (Phi) is 6.98. The largest absolute Gasteiger partial charge is 0.349 e. The van der Waals surface area contributed by atoms with Gasteiger partial charge in [0, 0.05) is 39.8 Å². The zero-order valence-electron chi connectivity index (χ0n) is 22.6. The van der Waals surface area contributed by atoms with Gasteiger partial charge in [-0.15, -0.1) is 11.3 Å². The second kappa shape index (κ2) is 10.7. The highest BCUT2D eigenvalue weighted by molar-refractivity contribution is 7.17. The highest BCUT2D eigenvalue weighted by atomic mass is 32.1. The van der Waals surface area contributed by atoms with Crippen LogP contribution in [0.4, 0.5) is 11.4 Å². The molecule has 6 rings (SSSR count). The molecular weight excluding hydrogens is 518 g/mol. The first-order valence-corrected chi connectivity index (χ1v) is 14.6. The Balaban J connectivity index is 1.21. The first-order chi connectivity index (χ1) is 19.4. The lowest BCUT2D eigenvalue weighted by molar-refractivity contribution is 0.0952. The van der Waals surface area contributed by atoms with E-state index in [2.05, 4.69) is 24.5 Å². The monoisotopic (exact) mass is 549 g/mol. The molecule has 40 heavy (non-hydrogen) atoms. The second-order valence-electron chi connectivity index (χ2n) is 10.7. The van der Waals surface area contributed by atoms with Crippen LogP contribution in [0.15, 0.2) is 78.9 Å². The van der Waals surface area contributed by atoms with Crippen molar-refractivity contribution in [3.8, 4) is 10.4 Å². The number of amides is 3. The maximum atomic E-state index is 13.7. The molecule has 0 radical (unpaired) electrons. The summed E-state index contributed by atoms with van der Waals surface area (Å²) in [4.78, 5) is 43.0. The predicted octanol–water partition coefficient (Wildman–Crippen LogP) is 6.89. The highest BCUT2D eigenvalue weighted by Crippen LogP contribution is 2.42. The number of carbonyl (C=O) groups is 3. The normalized spacial score (nSPS) is 14.2. The molecule has 6 nitrogen and oxygen atoms in total. The zero-order valence-corrected chi connectivity index (χ0v) is 23.4. The lowest BCUT2D eigenvalue weighted by Crippen LogP contribution is -2.32. The van der Waals surface area contributed by atoms with E-state index in [1.54, 1.807) is 24.3 Å². The fraction of sp³-hybridized carbons (Fsp3) is 0.242. The fourth-order valence-electron chi connectivity index (χ4n) is 5.16. The van der Waals surface area contributed by atoms with Gasteiger partial charge in [0.1, 0.15) is 0 Å². The molecule has 0 saturated heterocycles. The maximum Gasteiger partial charge on any atom is 0.261 e. The van der Waals surface area contributed by atoms with Crippen LogP contribution in [-0.2, 0) is 6.42 Å². The van der Waals surface area contributed by atoms with Crippen LogP contribution in [0.5, 0.6) is 0 Å². The molecule has 1 aromatic heterocycles. The number of nitrogens with zero attached hydrogens (tertiary/aromatic N) is 1. The first-order valence-electron chi connectivity index (χ1n) is 13.7. The molecule has 2 N–H and O–H groups in total. The first kappa shape index (κ1) is 26.0. The highest BCUT2D eigenvalue weighted by Gasteiger charge is 2.29. The Morgan fingerprint density at radius 3 is 2.38 bits per heavy atom. The molecule has 0 atom stereocenters. The molecule has 0 unspecified atom stereocenters. The third-order valence-corrected chi connectivity index (χ3v) is 8.66. The number of hydrogen-bond donors (Lipinski definition) is 2. The minimum atomic E-state index is -0.166. The van der Waals surface area contributed by atoms with Gasteiger partial charge in [-0.2, -0.15) is 0 Å². The lowest BCUT2D eigenvalue weighted by Gasteiger charge is -2.23. The number of thiophene rings is 1. The minimum Gasteiger partial charge on any atom is -0.349 e. The van der Waals surface area contributed by atoms with Crippen molar-refractivity contribution in [3.63, 3.8) is 0 Å². The van der Waals surface area contributed by atoms with Gasteiger partial charge in [-0.25, -0.2) is 0 Å². The number of anilines is 2. The van der Waals surface area contributed by atoms with E-state index in [0.717, 1.165) is 45.0 Å². The summed E-state index contributed by atoms with van der Waals surface area (Å²) in [6, 6.07) is 24.9. The van der Waals surface area contributed by atoms with Crippen molar-refractivity contribution < 1.29 is 14.4 Å². The number of fused-ring (bicyclic) bond motifs is 3. The molecule has 0 spiro atoms. The van der Waals surface area contributed by atoms with Gasteiger partial charge in [0.25, 0.3) is 17.7 Å². The summed E-state index contributed by atoms with van der Waals surface area (Å²) >= 11 is 1.50. The van der Waals surface area contributed by atoms with Gasteiger partial charge in [0.05, 0.1) is 10.6 Å². The molecular formula is C33H31N3O3S. The van der Waals surface area contributed by atoms with Crippen LogP contribution in [0.1, 0.15) is 74.1 Å². The average Bonchev–Trinajstić information content (AvgIpc) is 3.71. The standard InChI is InChI=1S/C33H31N3O3S/c1-20(2)25-7-3-4-8-26(25)31(37)34-23-13-11-21(12-14-23)33(39)36-18-17-22-19-29(32(38)35-24-15-16-24)40-30(22)27-9-5-6-10-28(27)36/h3-14,19-20,24H,15-18H2,1-2H3,(H,34,37)(H,35,38). The molecule has 1 fully saturated rings. The van der Waals surface area contributed by atoms with Crippen LogP contribution in [0.3, 0.4) is 0 Å². The van der Waals surface area contributed by atoms with Crippen LogP contribution in [-0.4, -0.2) is 30.3 Å². The smallest absolute Gasteiger partial charge is 0.261 e. The number of nitrogens with one attached hydrogen (secondary N) is 2. The van der Waals surface area contributed by atoms with Gasteiger partial charge < -0.3 is 15.5 Å². The Hall–Kier alpha value is -4.23. The molecule has 2 heterocycles. The van der Waals surface area contributed by atoms with Crippen molar-refractivity contribution >= 4 is 40.4 Å². The van der Waals surface area contributed by atoms with Gasteiger partial charge in [-0.05, 0) is 78.8 Å². The zero-order chi connectivity index (χ0) is 27.8. The molecule has 1 saturated carbocycles. The van der Waals surface area contributed by atoms with Gasteiger partial charge in [0.15, 0.2) is 0 Å². The summed E-state index contributed by atoms with van der Waals surface area (Å²) in [5, 5.41) is 6.05. The Labute approximate surface area is 238 Å². The van der Waals surface area contributed by atoms with Crippen molar-refractivity contribution in [3.05, 3.63) is 106 Å². The number of carbonyl (C=O) groups excluding carboxylic acids is 3. The van der Waals surface area contributed by atoms with E-state index in [4.69, 9.17) is 0 Å². The van der Waals surface area contributed by atoms with E-state index in [0.29, 0.717) is 35.8 Å². The number of rotatable bonds is 6. The quantitative estimate of drug-likeness (QED) is 0.275. The molecule has 2 aliphatic rings. The molecule has 1 aliphatic carbocycles. The van der Waals surface area contributed by atoms with Crippen molar-refractivity contribution in [1.29, 1.82) is 0 Å². The van der Waals surface area contributed by atoms with Crippen molar-refractivity contribution in [2.45, 2.75) is 45.1 Å². The third-order valence-electron chi connectivity index (χ3n) is 7.45. The van der Waals surface area contributed by atoms with Gasteiger partial charge >= 0.3 is 0 Å². The average molecular weight is 550 g/mol. The van der Waals surface area contributed by atoms with Crippen molar-refractivity contribution in [1.82, 2.24) is 5.32 Å². The molecule has 3 amide bonds. The molecule has 202 valence electrons. The molecule has 3 aromatic carbocycles. The van der Waals surface area contributed by atoms with E-state index in [9.17, 15) is 14.4 Å². The summed E-state index contributed by atoms with van der Waals surface area (Å²) in [5.74, 6) is -0.0426. The second-order valence-corrected chi connectivity index (χ2v) is 11.8. The van der Waals surface area contributed by atoms with Crippen LogP contribution in [0, 0.1) is 0 Å². The van der Waals surface area contributed by atoms with E-state index in [1.165, 1.54) is 11.3 Å². The number of hydrogen-bond acceptors (Lipinski definition) is 4. The van der Waals surface area contributed by atoms with Gasteiger partial charge in [-0.3, -0.25) is 14.4 Å².